The van der Waals surface area contributed by atoms with Crippen LogP contribution in [0.4, 0.5) is 5.82 Å². The van der Waals surface area contributed by atoms with E-state index >= 15 is 0 Å². The molecule has 5 rings (SSSR count). The highest BCUT2D eigenvalue weighted by Gasteiger charge is 2.38. The highest BCUT2D eigenvalue weighted by atomic mass is 32.2. The minimum atomic E-state index is -0.179. The summed E-state index contributed by atoms with van der Waals surface area (Å²) in [4.78, 5) is 28.7. The van der Waals surface area contributed by atoms with Gasteiger partial charge in [0.15, 0.2) is 0 Å². The number of aromatic nitrogens is 2. The first-order chi connectivity index (χ1) is 18.9. The number of anilines is 1. The Labute approximate surface area is 234 Å². The van der Waals surface area contributed by atoms with Gasteiger partial charge in [-0.15, -0.1) is 11.8 Å². The third-order valence-corrected chi connectivity index (χ3v) is 8.51. The van der Waals surface area contributed by atoms with Crippen LogP contribution in [-0.2, 0) is 9.59 Å². The Kier molecular flexibility index (Phi) is 7.89. The Morgan fingerprint density at radius 3 is 2.36 bits per heavy atom. The van der Waals surface area contributed by atoms with Crippen molar-refractivity contribution in [1.29, 1.82) is 0 Å². The second-order valence-corrected chi connectivity index (χ2v) is 11.1. The third kappa shape index (κ3) is 5.36. The van der Waals surface area contributed by atoms with E-state index in [-0.39, 0.29) is 35.4 Å². The van der Waals surface area contributed by atoms with Gasteiger partial charge in [-0.3, -0.25) is 14.5 Å². The molecule has 7 heteroatoms. The van der Waals surface area contributed by atoms with E-state index in [0.717, 1.165) is 45.6 Å². The zero-order chi connectivity index (χ0) is 27.5. The molecular weight excluding hydrogens is 504 g/mol. The van der Waals surface area contributed by atoms with Crippen LogP contribution in [0.15, 0.2) is 78.9 Å². The van der Waals surface area contributed by atoms with Crippen molar-refractivity contribution < 1.29 is 9.59 Å². The summed E-state index contributed by atoms with van der Waals surface area (Å²) in [6, 6.07) is 26.5. The van der Waals surface area contributed by atoms with Gasteiger partial charge < -0.3 is 5.32 Å². The Morgan fingerprint density at radius 2 is 1.67 bits per heavy atom. The Morgan fingerprint density at radius 1 is 1.00 bits per heavy atom. The van der Waals surface area contributed by atoms with Crippen LogP contribution in [0.1, 0.15) is 47.8 Å². The predicted molar refractivity (Wildman–Crippen MR) is 159 cm³/mol. The van der Waals surface area contributed by atoms with Gasteiger partial charge in [0.2, 0.25) is 11.8 Å². The number of amides is 2. The van der Waals surface area contributed by atoms with Crippen molar-refractivity contribution >= 4 is 29.4 Å². The molecule has 2 amide bonds. The third-order valence-electron chi connectivity index (χ3n) is 7.27. The fraction of sp³-hybridized carbons (Fsp3) is 0.281. The van der Waals surface area contributed by atoms with Crippen molar-refractivity contribution in [1.82, 2.24) is 15.1 Å². The number of carbonyl (C=O) groups is 2. The molecular formula is C32H34N4O2S. The average Bonchev–Trinajstić information content (AvgIpc) is 3.26. The lowest BCUT2D eigenvalue weighted by Crippen LogP contribution is -2.44. The Bertz CT molecular complexity index is 1500. The molecule has 0 fully saturated rings. The summed E-state index contributed by atoms with van der Waals surface area (Å²) >= 11 is 1.60. The number of nitrogens with one attached hydrogen (secondary N) is 1. The number of hydrogen-bond acceptors (Lipinski definition) is 4. The monoisotopic (exact) mass is 538 g/mol. The van der Waals surface area contributed by atoms with Gasteiger partial charge in [0, 0.05) is 17.2 Å². The molecule has 0 spiro atoms. The number of hydrogen-bond donors (Lipinski definition) is 1. The summed E-state index contributed by atoms with van der Waals surface area (Å²) in [5.41, 5.74) is 6.94. The van der Waals surface area contributed by atoms with E-state index in [1.165, 1.54) is 0 Å². The molecule has 0 radical (unpaired) electrons. The number of benzene rings is 3. The smallest absolute Gasteiger partial charge is 0.240 e. The van der Waals surface area contributed by atoms with E-state index in [4.69, 9.17) is 5.10 Å². The highest BCUT2D eigenvalue weighted by molar-refractivity contribution is 8.00. The SMILES string of the molecule is CCC(C)NC(=O)CN1C(=O)CSC(c2ccccc2C)c2c(-c3ccccc3)nn(-c3ccccc3C)c21. The maximum atomic E-state index is 13.8. The topological polar surface area (TPSA) is 67.2 Å². The number of fused-ring (bicyclic) bond motifs is 1. The van der Waals surface area contributed by atoms with Gasteiger partial charge in [0.05, 0.1) is 22.4 Å². The van der Waals surface area contributed by atoms with Gasteiger partial charge in [0.25, 0.3) is 0 Å². The van der Waals surface area contributed by atoms with Crippen molar-refractivity contribution in [3.8, 4) is 16.9 Å². The van der Waals surface area contributed by atoms with Gasteiger partial charge in [-0.25, -0.2) is 4.68 Å². The number of para-hydroxylation sites is 1. The average molecular weight is 539 g/mol. The van der Waals surface area contributed by atoms with Crippen molar-refractivity contribution in [3.63, 3.8) is 0 Å². The molecule has 0 saturated carbocycles. The van der Waals surface area contributed by atoms with Crippen LogP contribution < -0.4 is 10.2 Å². The van der Waals surface area contributed by atoms with E-state index in [1.54, 1.807) is 16.7 Å². The molecule has 1 N–H and O–H groups in total. The van der Waals surface area contributed by atoms with Crippen LogP contribution in [0.3, 0.4) is 0 Å². The number of carbonyl (C=O) groups excluding carboxylic acids is 2. The number of thioether (sulfide) groups is 1. The zero-order valence-electron chi connectivity index (χ0n) is 22.8. The van der Waals surface area contributed by atoms with Crippen LogP contribution in [0.5, 0.6) is 0 Å². The van der Waals surface area contributed by atoms with Crippen LogP contribution in [-0.4, -0.2) is 39.9 Å². The first-order valence-electron chi connectivity index (χ1n) is 13.4. The van der Waals surface area contributed by atoms with Crippen LogP contribution in [0.25, 0.3) is 16.9 Å². The predicted octanol–water partition coefficient (Wildman–Crippen LogP) is 6.24. The van der Waals surface area contributed by atoms with Gasteiger partial charge in [0.1, 0.15) is 12.4 Å². The first-order valence-corrected chi connectivity index (χ1v) is 14.4. The lowest BCUT2D eigenvalue weighted by Gasteiger charge is -2.24. The van der Waals surface area contributed by atoms with E-state index in [9.17, 15) is 9.59 Å². The molecule has 1 aliphatic heterocycles. The van der Waals surface area contributed by atoms with Crippen LogP contribution in [0.2, 0.25) is 0 Å². The summed E-state index contributed by atoms with van der Waals surface area (Å²) in [6.45, 7) is 8.08. The Balaban J connectivity index is 1.80. The van der Waals surface area contributed by atoms with Gasteiger partial charge in [-0.1, -0.05) is 79.7 Å². The molecule has 2 unspecified atom stereocenters. The lowest BCUT2D eigenvalue weighted by atomic mass is 9.96. The summed E-state index contributed by atoms with van der Waals surface area (Å²) in [5.74, 6) is 0.630. The van der Waals surface area contributed by atoms with Crippen molar-refractivity contribution in [3.05, 3.63) is 101 Å². The minimum Gasteiger partial charge on any atom is -0.352 e. The molecule has 4 aromatic rings. The maximum absolute atomic E-state index is 13.8. The van der Waals surface area contributed by atoms with E-state index in [2.05, 4.69) is 36.5 Å². The number of nitrogens with zero attached hydrogens (tertiary/aromatic N) is 3. The molecule has 1 aliphatic rings. The summed E-state index contributed by atoms with van der Waals surface area (Å²) in [7, 11) is 0. The highest BCUT2D eigenvalue weighted by Crippen LogP contribution is 2.49. The number of aryl methyl sites for hydroxylation is 2. The molecule has 2 heterocycles. The van der Waals surface area contributed by atoms with Gasteiger partial charge in [-0.05, 0) is 49.9 Å². The minimum absolute atomic E-state index is 0.0225. The lowest BCUT2D eigenvalue weighted by molar-refractivity contribution is -0.123. The summed E-state index contributed by atoms with van der Waals surface area (Å²) in [6.07, 6.45) is 0.815. The maximum Gasteiger partial charge on any atom is 0.240 e. The quantitative estimate of drug-likeness (QED) is 0.302. The molecule has 0 saturated heterocycles. The normalized spacial score (nSPS) is 15.9. The molecule has 2 atom stereocenters. The van der Waals surface area contributed by atoms with Crippen molar-refractivity contribution in [2.45, 2.75) is 45.4 Å². The molecule has 1 aromatic heterocycles. The summed E-state index contributed by atoms with van der Waals surface area (Å²) in [5, 5.41) is 8.09. The second kappa shape index (κ2) is 11.5. The second-order valence-electron chi connectivity index (χ2n) is 10.1. The molecule has 3 aromatic carbocycles. The summed E-state index contributed by atoms with van der Waals surface area (Å²) < 4.78 is 1.87. The fourth-order valence-electron chi connectivity index (χ4n) is 4.99. The molecule has 0 bridgehead atoms. The largest absolute Gasteiger partial charge is 0.352 e. The first kappa shape index (κ1) is 26.8. The standard InChI is InChI=1S/C32H34N4O2S/c1-5-23(4)33-27(37)19-35-28(38)20-39-31(25-17-11-9-13-21(25)2)29-30(24-15-7-6-8-16-24)34-36(32(29)35)26-18-12-10-14-22(26)3/h6-18,23,31H,5,19-20H2,1-4H3,(H,33,37). The fourth-order valence-corrected chi connectivity index (χ4v) is 6.28. The zero-order valence-corrected chi connectivity index (χ0v) is 23.7. The Hall–Kier alpha value is -3.84. The van der Waals surface area contributed by atoms with E-state index in [1.807, 2.05) is 80.1 Å². The molecule has 200 valence electrons. The molecule has 0 aliphatic carbocycles. The molecule has 39 heavy (non-hydrogen) atoms. The van der Waals surface area contributed by atoms with Crippen LogP contribution in [0, 0.1) is 13.8 Å². The number of rotatable bonds is 7. The molecule has 6 nitrogen and oxygen atoms in total. The van der Waals surface area contributed by atoms with Gasteiger partial charge >= 0.3 is 0 Å². The van der Waals surface area contributed by atoms with E-state index < -0.39 is 0 Å². The van der Waals surface area contributed by atoms with Crippen LogP contribution >= 0.6 is 11.8 Å². The van der Waals surface area contributed by atoms with Crippen molar-refractivity contribution in [2.24, 2.45) is 0 Å². The van der Waals surface area contributed by atoms with Crippen molar-refractivity contribution in [2.75, 3.05) is 17.2 Å². The van der Waals surface area contributed by atoms with E-state index in [0.29, 0.717) is 5.82 Å². The van der Waals surface area contributed by atoms with Gasteiger partial charge in [-0.2, -0.15) is 5.10 Å².